The van der Waals surface area contributed by atoms with E-state index in [2.05, 4.69) is 78.2 Å². The molecule has 4 aromatic rings. The maximum atomic E-state index is 5.69. The van der Waals surface area contributed by atoms with Crippen molar-refractivity contribution in [2.75, 3.05) is 7.11 Å². The van der Waals surface area contributed by atoms with Crippen LogP contribution in [0.4, 0.5) is 0 Å². The van der Waals surface area contributed by atoms with Crippen molar-refractivity contribution in [2.45, 2.75) is 19.9 Å². The van der Waals surface area contributed by atoms with E-state index >= 15 is 0 Å². The molecule has 0 aliphatic carbocycles. The Morgan fingerprint density at radius 2 is 1.62 bits per heavy atom. The zero-order valence-corrected chi connectivity index (χ0v) is 14.1. The van der Waals surface area contributed by atoms with Crippen molar-refractivity contribution >= 4 is 21.7 Å². The van der Waals surface area contributed by atoms with Gasteiger partial charge in [0.2, 0.25) is 0 Å². The van der Waals surface area contributed by atoms with Gasteiger partial charge in [0.1, 0.15) is 5.75 Å². The first-order chi connectivity index (χ1) is 11.8. The first kappa shape index (κ1) is 14.8. The van der Waals surface area contributed by atoms with E-state index in [9.17, 15) is 0 Å². The zero-order valence-electron chi connectivity index (χ0n) is 14.1. The molecule has 0 aliphatic heterocycles. The largest absolute Gasteiger partial charge is 0.496 e. The van der Waals surface area contributed by atoms with E-state index in [1.165, 1.54) is 32.9 Å². The van der Waals surface area contributed by atoms with Crippen LogP contribution in [-0.4, -0.2) is 11.7 Å². The fraction of sp³-hybridized carbons (Fsp3) is 0.182. The van der Waals surface area contributed by atoms with Gasteiger partial charge in [0.05, 0.1) is 12.6 Å². The van der Waals surface area contributed by atoms with E-state index in [0.29, 0.717) is 0 Å². The Kier molecular flexibility index (Phi) is 3.73. The number of aryl methyl sites for hydroxylation is 1. The Morgan fingerprint density at radius 1 is 0.875 bits per heavy atom. The summed E-state index contributed by atoms with van der Waals surface area (Å²) >= 11 is 0. The standard InChI is InChI=1S/C22H21NO/c1-3-18-14-20-21(24-2)13-17-11-7-8-12-19(17)22(20)23(18)15-16-9-5-4-6-10-16/h4-14H,3,15H2,1-2H3. The average molecular weight is 315 g/mol. The lowest BCUT2D eigenvalue weighted by atomic mass is 10.1. The SMILES string of the molecule is CCc1cc2c(OC)cc3ccccc3c2n1Cc1ccccc1. The number of benzene rings is 3. The van der Waals surface area contributed by atoms with Crippen LogP contribution in [0, 0.1) is 0 Å². The quantitative estimate of drug-likeness (QED) is 0.491. The van der Waals surface area contributed by atoms with E-state index in [1.54, 1.807) is 7.11 Å². The lowest BCUT2D eigenvalue weighted by molar-refractivity contribution is 0.420. The topological polar surface area (TPSA) is 14.2 Å². The van der Waals surface area contributed by atoms with E-state index in [4.69, 9.17) is 4.74 Å². The van der Waals surface area contributed by atoms with Crippen LogP contribution in [-0.2, 0) is 13.0 Å². The third-order valence-corrected chi connectivity index (χ3v) is 4.72. The molecule has 0 aliphatic rings. The van der Waals surface area contributed by atoms with Crippen molar-refractivity contribution in [3.05, 3.63) is 78.0 Å². The van der Waals surface area contributed by atoms with E-state index in [-0.39, 0.29) is 0 Å². The van der Waals surface area contributed by atoms with Crippen molar-refractivity contribution in [2.24, 2.45) is 0 Å². The number of hydrogen-bond donors (Lipinski definition) is 0. The summed E-state index contributed by atoms with van der Waals surface area (Å²) in [6.45, 7) is 3.09. The summed E-state index contributed by atoms with van der Waals surface area (Å²) in [5, 5.41) is 3.70. The van der Waals surface area contributed by atoms with Crippen molar-refractivity contribution in [3.63, 3.8) is 0 Å². The minimum absolute atomic E-state index is 0.880. The third-order valence-electron chi connectivity index (χ3n) is 4.72. The fourth-order valence-electron chi connectivity index (χ4n) is 3.55. The Hall–Kier alpha value is -2.74. The van der Waals surface area contributed by atoms with Crippen LogP contribution in [0.25, 0.3) is 21.7 Å². The third kappa shape index (κ3) is 2.35. The first-order valence-corrected chi connectivity index (χ1v) is 8.43. The molecule has 1 aromatic heterocycles. The van der Waals surface area contributed by atoms with Crippen LogP contribution in [0.15, 0.2) is 66.7 Å². The van der Waals surface area contributed by atoms with Crippen LogP contribution < -0.4 is 4.74 Å². The monoisotopic (exact) mass is 315 g/mol. The summed E-state index contributed by atoms with van der Waals surface area (Å²) in [6, 6.07) is 23.6. The molecule has 120 valence electrons. The predicted molar refractivity (Wildman–Crippen MR) is 101 cm³/mol. The summed E-state index contributed by atoms with van der Waals surface area (Å²) in [5.41, 5.74) is 3.92. The normalized spacial score (nSPS) is 11.2. The van der Waals surface area contributed by atoms with Gasteiger partial charge in [0.25, 0.3) is 0 Å². The van der Waals surface area contributed by atoms with Crippen molar-refractivity contribution in [1.29, 1.82) is 0 Å². The molecule has 0 atom stereocenters. The van der Waals surface area contributed by atoms with Crippen LogP contribution in [0.2, 0.25) is 0 Å². The highest BCUT2D eigenvalue weighted by Gasteiger charge is 2.15. The molecule has 4 rings (SSSR count). The molecule has 0 fully saturated rings. The van der Waals surface area contributed by atoms with Gasteiger partial charge in [-0.2, -0.15) is 0 Å². The lowest BCUT2D eigenvalue weighted by Crippen LogP contribution is -2.03. The molecule has 0 spiro atoms. The predicted octanol–water partition coefficient (Wildman–Crippen LogP) is 5.41. The number of aromatic nitrogens is 1. The molecule has 0 saturated carbocycles. The molecule has 0 N–H and O–H groups in total. The average Bonchev–Trinajstić information content (AvgIpc) is 3.00. The molecule has 0 bridgehead atoms. The van der Waals surface area contributed by atoms with E-state index in [1.807, 2.05) is 0 Å². The summed E-state index contributed by atoms with van der Waals surface area (Å²) in [6.07, 6.45) is 0.999. The van der Waals surface area contributed by atoms with Crippen molar-refractivity contribution in [3.8, 4) is 5.75 Å². The number of fused-ring (bicyclic) bond motifs is 3. The number of methoxy groups -OCH3 is 1. The van der Waals surface area contributed by atoms with Gasteiger partial charge in [-0.1, -0.05) is 61.5 Å². The Bertz CT molecular complexity index is 999. The fourth-order valence-corrected chi connectivity index (χ4v) is 3.55. The maximum absolute atomic E-state index is 5.69. The summed E-state index contributed by atoms with van der Waals surface area (Å²) in [5.74, 6) is 0.949. The van der Waals surface area contributed by atoms with E-state index < -0.39 is 0 Å². The lowest BCUT2D eigenvalue weighted by Gasteiger charge is -2.13. The summed E-state index contributed by atoms with van der Waals surface area (Å²) in [4.78, 5) is 0. The molecule has 0 radical (unpaired) electrons. The van der Waals surface area contributed by atoms with Crippen LogP contribution >= 0.6 is 0 Å². The number of ether oxygens (including phenoxy) is 1. The van der Waals surface area contributed by atoms with Gasteiger partial charge in [-0.3, -0.25) is 0 Å². The minimum Gasteiger partial charge on any atom is -0.496 e. The molecule has 3 aromatic carbocycles. The number of hydrogen-bond acceptors (Lipinski definition) is 1. The highest BCUT2D eigenvalue weighted by molar-refractivity contribution is 6.09. The zero-order chi connectivity index (χ0) is 16.5. The second-order valence-corrected chi connectivity index (χ2v) is 6.12. The molecule has 2 heteroatoms. The van der Waals surface area contributed by atoms with Gasteiger partial charge < -0.3 is 9.30 Å². The maximum Gasteiger partial charge on any atom is 0.128 e. The van der Waals surface area contributed by atoms with Crippen LogP contribution in [0.3, 0.4) is 0 Å². The Morgan fingerprint density at radius 3 is 2.38 bits per heavy atom. The molecule has 0 amide bonds. The Balaban J connectivity index is 2.05. The molecular weight excluding hydrogens is 294 g/mol. The minimum atomic E-state index is 0.880. The summed E-state index contributed by atoms with van der Waals surface area (Å²) < 4.78 is 8.13. The molecule has 2 nitrogen and oxygen atoms in total. The molecular formula is C22H21NO. The molecule has 24 heavy (non-hydrogen) atoms. The van der Waals surface area contributed by atoms with Crippen LogP contribution in [0.1, 0.15) is 18.2 Å². The second-order valence-electron chi connectivity index (χ2n) is 6.12. The molecule has 0 saturated heterocycles. The number of nitrogens with zero attached hydrogens (tertiary/aromatic N) is 1. The first-order valence-electron chi connectivity index (χ1n) is 8.43. The van der Waals surface area contributed by atoms with Crippen molar-refractivity contribution in [1.82, 2.24) is 4.57 Å². The smallest absolute Gasteiger partial charge is 0.128 e. The highest BCUT2D eigenvalue weighted by Crippen LogP contribution is 2.36. The van der Waals surface area contributed by atoms with Gasteiger partial charge in [-0.15, -0.1) is 0 Å². The van der Waals surface area contributed by atoms with Crippen LogP contribution in [0.5, 0.6) is 5.75 Å². The number of rotatable bonds is 4. The highest BCUT2D eigenvalue weighted by atomic mass is 16.5. The molecule has 1 heterocycles. The summed E-state index contributed by atoms with van der Waals surface area (Å²) in [7, 11) is 1.75. The van der Waals surface area contributed by atoms with Gasteiger partial charge >= 0.3 is 0 Å². The molecule has 0 unspecified atom stereocenters. The van der Waals surface area contributed by atoms with Gasteiger partial charge in [0, 0.05) is 23.0 Å². The van der Waals surface area contributed by atoms with Gasteiger partial charge in [-0.25, -0.2) is 0 Å². The Labute approximate surface area is 142 Å². The van der Waals surface area contributed by atoms with Gasteiger partial charge in [0.15, 0.2) is 0 Å². The van der Waals surface area contributed by atoms with E-state index in [0.717, 1.165) is 18.7 Å². The van der Waals surface area contributed by atoms with Gasteiger partial charge in [-0.05, 0) is 29.5 Å². The van der Waals surface area contributed by atoms with Crippen molar-refractivity contribution < 1.29 is 4.74 Å². The second kappa shape index (κ2) is 6.04.